The van der Waals surface area contributed by atoms with Crippen LogP contribution in [0.1, 0.15) is 36.8 Å². The van der Waals surface area contributed by atoms with Gasteiger partial charge in [0.05, 0.1) is 11.6 Å². The van der Waals surface area contributed by atoms with E-state index < -0.39 is 17.7 Å². The fourth-order valence-electron chi connectivity index (χ4n) is 4.64. The summed E-state index contributed by atoms with van der Waals surface area (Å²) in [5.74, 6) is 0.0280. The number of carbonyl (C=O) groups is 1. The second-order valence-electron chi connectivity index (χ2n) is 8.32. The molecule has 9 nitrogen and oxygen atoms in total. The number of aromatic amines is 1. The molecule has 4 heterocycles. The van der Waals surface area contributed by atoms with E-state index in [-0.39, 0.29) is 16.9 Å². The minimum absolute atomic E-state index is 0.216. The monoisotopic (exact) mass is 421 g/mol. The number of ether oxygens (including phenoxy) is 2. The summed E-state index contributed by atoms with van der Waals surface area (Å²) >= 11 is 0. The molecule has 0 spiro atoms. The number of amides is 1. The van der Waals surface area contributed by atoms with E-state index in [4.69, 9.17) is 9.47 Å². The van der Waals surface area contributed by atoms with Crippen LogP contribution in [0.5, 0.6) is 11.5 Å². The number of nitrogens with one attached hydrogen (secondary N) is 2. The number of carbonyl (C=O) groups excluding carboxylic acids is 1. The van der Waals surface area contributed by atoms with Crippen molar-refractivity contribution in [2.45, 2.75) is 25.7 Å². The number of H-pyrrole nitrogens is 1. The molecule has 2 aromatic rings. The molecule has 3 unspecified atom stereocenters. The predicted molar refractivity (Wildman–Crippen MR) is 112 cm³/mol. The van der Waals surface area contributed by atoms with Crippen LogP contribution in [-0.4, -0.2) is 42.2 Å². The Morgan fingerprint density at radius 2 is 2.03 bits per heavy atom. The highest BCUT2D eigenvalue weighted by Crippen LogP contribution is 2.41. The van der Waals surface area contributed by atoms with Crippen LogP contribution in [0.2, 0.25) is 0 Å². The van der Waals surface area contributed by atoms with Crippen LogP contribution in [0.25, 0.3) is 0 Å². The number of anilines is 2. The van der Waals surface area contributed by atoms with E-state index in [1.54, 1.807) is 18.2 Å². The van der Waals surface area contributed by atoms with Gasteiger partial charge in [0.2, 0.25) is 11.9 Å². The highest BCUT2D eigenvalue weighted by atomic mass is 16.6. The molecule has 5 rings (SSSR count). The Hall–Kier alpha value is -3.54. The van der Waals surface area contributed by atoms with Crippen molar-refractivity contribution >= 4 is 17.7 Å². The highest BCUT2D eigenvalue weighted by Gasteiger charge is 2.41. The van der Waals surface area contributed by atoms with Gasteiger partial charge in [0, 0.05) is 19.0 Å². The van der Waals surface area contributed by atoms with Crippen LogP contribution in [0.4, 0.5) is 11.8 Å². The lowest BCUT2D eigenvalue weighted by atomic mass is 9.79. The van der Waals surface area contributed by atoms with Crippen molar-refractivity contribution in [3.8, 4) is 17.6 Å². The van der Waals surface area contributed by atoms with Crippen LogP contribution >= 0.6 is 0 Å². The second-order valence-corrected chi connectivity index (χ2v) is 8.32. The first-order chi connectivity index (χ1) is 15.0. The summed E-state index contributed by atoms with van der Waals surface area (Å²) in [7, 11) is 0. The lowest BCUT2D eigenvalue weighted by molar-refractivity contribution is -0.119. The summed E-state index contributed by atoms with van der Waals surface area (Å²) in [6.45, 7) is 4.64. The molecule has 0 radical (unpaired) electrons. The molecule has 1 amide bonds. The molecule has 31 heavy (non-hydrogen) atoms. The van der Waals surface area contributed by atoms with E-state index in [1.165, 1.54) is 0 Å². The molecule has 1 saturated heterocycles. The highest BCUT2D eigenvalue weighted by molar-refractivity contribution is 5.98. The largest absolute Gasteiger partial charge is 0.486 e. The molecule has 0 aliphatic carbocycles. The number of benzene rings is 1. The van der Waals surface area contributed by atoms with Crippen LogP contribution < -0.4 is 25.2 Å². The van der Waals surface area contributed by atoms with Crippen LogP contribution in [-0.2, 0) is 4.79 Å². The maximum atomic E-state index is 13.2. The molecule has 9 heteroatoms. The van der Waals surface area contributed by atoms with E-state index in [0.717, 1.165) is 25.9 Å². The topological polar surface area (TPSA) is 120 Å². The van der Waals surface area contributed by atoms with Crippen molar-refractivity contribution in [1.29, 1.82) is 5.26 Å². The molecule has 0 bridgehead atoms. The molecular formula is C22H23N5O4. The van der Waals surface area contributed by atoms with E-state index in [0.29, 0.717) is 42.1 Å². The minimum Gasteiger partial charge on any atom is -0.486 e. The molecule has 1 aromatic carbocycles. The molecule has 1 aromatic heterocycles. The van der Waals surface area contributed by atoms with Crippen molar-refractivity contribution in [3.63, 3.8) is 0 Å². The van der Waals surface area contributed by atoms with Crippen molar-refractivity contribution in [2.75, 3.05) is 36.5 Å². The maximum Gasteiger partial charge on any atom is 0.258 e. The maximum absolute atomic E-state index is 13.2. The number of nitrogens with zero attached hydrogens (tertiary/aromatic N) is 3. The zero-order valence-corrected chi connectivity index (χ0v) is 17.2. The SMILES string of the molecule is CC1CCCN(c2nc3c(c(=O)[nH]2)C(c2ccc4c(c2)OCCO4)C(C#N)C(=O)N3)C1. The average molecular weight is 421 g/mol. The predicted octanol–water partition coefficient (Wildman–Crippen LogP) is 2.00. The van der Waals surface area contributed by atoms with Gasteiger partial charge in [-0.25, -0.2) is 0 Å². The van der Waals surface area contributed by atoms with Crippen LogP contribution in [0.15, 0.2) is 23.0 Å². The second kappa shape index (κ2) is 7.61. The van der Waals surface area contributed by atoms with Gasteiger partial charge in [-0.1, -0.05) is 13.0 Å². The Morgan fingerprint density at radius 3 is 2.81 bits per heavy atom. The first-order valence-electron chi connectivity index (χ1n) is 10.5. The summed E-state index contributed by atoms with van der Waals surface area (Å²) in [5.41, 5.74) is 0.577. The average Bonchev–Trinajstić information content (AvgIpc) is 2.77. The van der Waals surface area contributed by atoms with Gasteiger partial charge in [-0.2, -0.15) is 10.2 Å². The molecule has 3 aliphatic heterocycles. The smallest absolute Gasteiger partial charge is 0.258 e. The number of fused-ring (bicyclic) bond motifs is 2. The van der Waals surface area contributed by atoms with Gasteiger partial charge in [0.25, 0.3) is 5.56 Å². The number of piperidine rings is 1. The zero-order chi connectivity index (χ0) is 21.5. The quantitative estimate of drug-likeness (QED) is 0.761. The van der Waals surface area contributed by atoms with Crippen LogP contribution in [0.3, 0.4) is 0 Å². The van der Waals surface area contributed by atoms with Crippen molar-refractivity contribution in [2.24, 2.45) is 11.8 Å². The number of hydrogen-bond acceptors (Lipinski definition) is 7. The third-order valence-electron chi connectivity index (χ3n) is 6.13. The van der Waals surface area contributed by atoms with E-state index in [9.17, 15) is 14.9 Å². The third kappa shape index (κ3) is 3.38. The number of hydrogen-bond donors (Lipinski definition) is 2. The summed E-state index contributed by atoms with van der Waals surface area (Å²) in [6, 6.07) is 7.31. The van der Waals surface area contributed by atoms with Crippen molar-refractivity contribution in [1.82, 2.24) is 9.97 Å². The number of rotatable bonds is 2. The normalized spacial score (nSPS) is 24.7. The van der Waals surface area contributed by atoms with E-state index >= 15 is 0 Å². The van der Waals surface area contributed by atoms with Crippen LogP contribution in [0, 0.1) is 23.2 Å². The summed E-state index contributed by atoms with van der Waals surface area (Å²) in [6.07, 6.45) is 2.16. The van der Waals surface area contributed by atoms with E-state index in [2.05, 4.69) is 28.3 Å². The number of aromatic nitrogens is 2. The molecule has 3 atom stereocenters. The zero-order valence-electron chi connectivity index (χ0n) is 17.2. The fraction of sp³-hybridized carbons (Fsp3) is 0.455. The summed E-state index contributed by atoms with van der Waals surface area (Å²) < 4.78 is 11.2. The lowest BCUT2D eigenvalue weighted by Crippen LogP contribution is -2.41. The van der Waals surface area contributed by atoms with Gasteiger partial charge in [-0.3, -0.25) is 14.6 Å². The van der Waals surface area contributed by atoms with E-state index in [1.807, 2.05) is 4.90 Å². The van der Waals surface area contributed by atoms with Gasteiger partial charge < -0.3 is 19.7 Å². The minimum atomic E-state index is -1.06. The van der Waals surface area contributed by atoms with Gasteiger partial charge in [-0.05, 0) is 36.5 Å². The summed E-state index contributed by atoms with van der Waals surface area (Å²) in [4.78, 5) is 35.5. The Kier molecular flexibility index (Phi) is 4.77. The summed E-state index contributed by atoms with van der Waals surface area (Å²) in [5, 5.41) is 12.4. The third-order valence-corrected chi connectivity index (χ3v) is 6.13. The Labute approximate surface area is 179 Å². The first kappa shape index (κ1) is 19.4. The first-order valence-corrected chi connectivity index (χ1v) is 10.5. The molecular weight excluding hydrogens is 398 g/mol. The van der Waals surface area contributed by atoms with Gasteiger partial charge in [0.1, 0.15) is 24.9 Å². The Balaban J connectivity index is 1.60. The van der Waals surface area contributed by atoms with Crippen molar-refractivity contribution in [3.05, 3.63) is 39.7 Å². The Morgan fingerprint density at radius 1 is 1.23 bits per heavy atom. The molecule has 160 valence electrons. The lowest BCUT2D eigenvalue weighted by Gasteiger charge is -2.33. The molecule has 0 saturated carbocycles. The molecule has 1 fully saturated rings. The standard InChI is InChI=1S/C22H23N5O4/c1-12-3-2-6-27(11-12)22-25-19-18(21(29)26-22)17(14(10-23)20(28)24-19)13-4-5-15-16(9-13)31-8-7-30-15/h4-5,9,12,14,17H,2-3,6-8,11H2,1H3,(H2,24,25,26,28,29). The molecule has 2 N–H and O–H groups in total. The van der Waals surface area contributed by atoms with Gasteiger partial charge >= 0.3 is 0 Å². The fourth-order valence-corrected chi connectivity index (χ4v) is 4.64. The van der Waals surface area contributed by atoms with Gasteiger partial charge in [0.15, 0.2) is 11.5 Å². The van der Waals surface area contributed by atoms with Gasteiger partial charge in [-0.15, -0.1) is 0 Å². The molecule has 3 aliphatic rings. The number of nitriles is 1. The van der Waals surface area contributed by atoms with Crippen molar-refractivity contribution < 1.29 is 14.3 Å². The Bertz CT molecular complexity index is 1140.